The van der Waals surface area contributed by atoms with Crippen LogP contribution in [0, 0.1) is 23.7 Å². The first-order chi connectivity index (χ1) is 14.5. The van der Waals surface area contributed by atoms with Gasteiger partial charge < -0.3 is 20.5 Å². The Hall–Kier alpha value is -4.56. The second kappa shape index (κ2) is 8.63. The number of ether oxygens (including phenoxy) is 1. The summed E-state index contributed by atoms with van der Waals surface area (Å²) in [4.78, 5) is 27.0. The van der Waals surface area contributed by atoms with Crippen LogP contribution < -0.4 is 15.4 Å². The van der Waals surface area contributed by atoms with Crippen LogP contribution in [0.25, 0.3) is 10.9 Å². The summed E-state index contributed by atoms with van der Waals surface area (Å²) in [6.07, 6.45) is 6.87. The van der Waals surface area contributed by atoms with Crippen molar-refractivity contribution < 1.29 is 19.4 Å². The summed E-state index contributed by atoms with van der Waals surface area (Å²) in [7, 11) is 0. The third kappa shape index (κ3) is 4.13. The van der Waals surface area contributed by atoms with E-state index in [1.807, 2.05) is 0 Å². The first-order valence-corrected chi connectivity index (χ1v) is 8.84. The normalized spacial score (nSPS) is 9.97. The lowest BCUT2D eigenvalue weighted by molar-refractivity contribution is -0.147. The van der Waals surface area contributed by atoms with Gasteiger partial charge in [-0.25, -0.2) is 4.79 Å². The SMILES string of the molecule is C#Cc1cccc(Nc2c(C#N)cnc3cc(OCC)c(NC(=O)C(=O)O)cc23)c1. The van der Waals surface area contributed by atoms with E-state index in [0.29, 0.717) is 34.4 Å². The van der Waals surface area contributed by atoms with E-state index < -0.39 is 11.9 Å². The Labute approximate surface area is 172 Å². The molecular formula is C22H16N4O4. The Morgan fingerprint density at radius 3 is 2.77 bits per heavy atom. The molecule has 8 heteroatoms. The number of rotatable bonds is 5. The number of hydrogen-bond donors (Lipinski definition) is 3. The molecule has 0 aliphatic carbocycles. The molecule has 3 rings (SSSR count). The van der Waals surface area contributed by atoms with Gasteiger partial charge in [-0.3, -0.25) is 9.78 Å². The lowest BCUT2D eigenvalue weighted by Gasteiger charge is -2.16. The second-order valence-corrected chi connectivity index (χ2v) is 6.07. The maximum absolute atomic E-state index is 11.7. The highest BCUT2D eigenvalue weighted by Crippen LogP contribution is 2.36. The maximum atomic E-state index is 11.7. The van der Waals surface area contributed by atoms with E-state index >= 15 is 0 Å². The van der Waals surface area contributed by atoms with Gasteiger partial charge in [-0.15, -0.1) is 6.42 Å². The second-order valence-electron chi connectivity index (χ2n) is 6.07. The molecule has 1 amide bonds. The fourth-order valence-corrected chi connectivity index (χ4v) is 2.82. The first-order valence-electron chi connectivity index (χ1n) is 8.84. The molecule has 2 aromatic carbocycles. The van der Waals surface area contributed by atoms with Gasteiger partial charge in [-0.1, -0.05) is 12.0 Å². The van der Waals surface area contributed by atoms with Gasteiger partial charge in [0.15, 0.2) is 0 Å². The Bertz CT molecular complexity index is 1240. The van der Waals surface area contributed by atoms with Gasteiger partial charge in [0.2, 0.25) is 0 Å². The van der Waals surface area contributed by atoms with Crippen molar-refractivity contribution in [1.82, 2.24) is 4.98 Å². The molecule has 0 saturated heterocycles. The summed E-state index contributed by atoms with van der Waals surface area (Å²) in [5, 5.41) is 24.4. The summed E-state index contributed by atoms with van der Waals surface area (Å²) in [6.45, 7) is 2.05. The van der Waals surface area contributed by atoms with Crippen LogP contribution in [0.2, 0.25) is 0 Å². The fourth-order valence-electron chi connectivity index (χ4n) is 2.82. The van der Waals surface area contributed by atoms with Gasteiger partial charge in [0, 0.05) is 28.9 Å². The molecule has 0 aliphatic heterocycles. The number of carboxylic acids is 1. The quantitative estimate of drug-likeness (QED) is 0.443. The van der Waals surface area contributed by atoms with E-state index in [2.05, 4.69) is 27.6 Å². The number of nitrogens with one attached hydrogen (secondary N) is 2. The van der Waals surface area contributed by atoms with E-state index in [0.717, 1.165) is 0 Å². The molecule has 1 aromatic heterocycles. The molecule has 0 bridgehead atoms. The van der Waals surface area contributed by atoms with Crippen LogP contribution in [0.15, 0.2) is 42.6 Å². The number of aliphatic carboxylic acids is 1. The Kier molecular flexibility index (Phi) is 5.81. The van der Waals surface area contributed by atoms with Crippen molar-refractivity contribution in [2.75, 3.05) is 17.2 Å². The van der Waals surface area contributed by atoms with Crippen LogP contribution in [0.5, 0.6) is 5.75 Å². The first kappa shape index (κ1) is 20.2. The van der Waals surface area contributed by atoms with Crippen molar-refractivity contribution in [1.29, 1.82) is 5.26 Å². The van der Waals surface area contributed by atoms with E-state index in [9.17, 15) is 14.9 Å². The number of carbonyl (C=O) groups excluding carboxylic acids is 1. The lowest BCUT2D eigenvalue weighted by atomic mass is 10.1. The van der Waals surface area contributed by atoms with E-state index in [-0.39, 0.29) is 17.0 Å². The van der Waals surface area contributed by atoms with Crippen molar-refractivity contribution in [2.24, 2.45) is 0 Å². The lowest BCUT2D eigenvalue weighted by Crippen LogP contribution is -2.22. The van der Waals surface area contributed by atoms with Crippen molar-refractivity contribution in [2.45, 2.75) is 6.92 Å². The van der Waals surface area contributed by atoms with Crippen LogP contribution >= 0.6 is 0 Å². The van der Waals surface area contributed by atoms with Crippen molar-refractivity contribution >= 4 is 39.8 Å². The molecule has 0 spiro atoms. The molecule has 0 saturated carbocycles. The van der Waals surface area contributed by atoms with E-state index in [1.54, 1.807) is 37.3 Å². The smallest absolute Gasteiger partial charge is 0.394 e. The van der Waals surface area contributed by atoms with Crippen LogP contribution in [-0.2, 0) is 9.59 Å². The highest BCUT2D eigenvalue weighted by Gasteiger charge is 2.18. The number of benzene rings is 2. The number of amides is 1. The van der Waals surface area contributed by atoms with Gasteiger partial charge in [-0.05, 0) is 31.2 Å². The van der Waals surface area contributed by atoms with Crippen LogP contribution in [0.4, 0.5) is 17.1 Å². The zero-order valence-corrected chi connectivity index (χ0v) is 15.9. The van der Waals surface area contributed by atoms with Crippen LogP contribution in [0.1, 0.15) is 18.1 Å². The standard InChI is InChI=1S/C22H16N4O4/c1-3-13-6-5-7-15(8-13)25-20-14(11-23)12-24-17-10-19(30-4-2)18(9-16(17)20)26-21(27)22(28)29/h1,5-10,12H,4H2,2H3,(H,24,25)(H,26,27)(H,28,29). The molecule has 0 unspecified atom stereocenters. The molecule has 148 valence electrons. The number of carboxylic acid groups (broad SMARTS) is 1. The third-order valence-electron chi connectivity index (χ3n) is 4.13. The number of fused-ring (bicyclic) bond motifs is 1. The minimum Gasteiger partial charge on any atom is -0.492 e. The summed E-state index contributed by atoms with van der Waals surface area (Å²) in [5.41, 5.74) is 2.64. The predicted octanol–water partition coefficient (Wildman–Crippen LogP) is 3.25. The van der Waals surface area contributed by atoms with Gasteiger partial charge >= 0.3 is 11.9 Å². The molecule has 0 fully saturated rings. The number of nitriles is 1. The summed E-state index contributed by atoms with van der Waals surface area (Å²) in [6, 6.07) is 12.2. The highest BCUT2D eigenvalue weighted by molar-refractivity contribution is 6.36. The number of nitrogens with zero attached hydrogens (tertiary/aromatic N) is 2. The number of terminal acetylenes is 1. The third-order valence-corrected chi connectivity index (χ3v) is 4.13. The number of aromatic nitrogens is 1. The fraction of sp³-hybridized carbons (Fsp3) is 0.0909. The highest BCUT2D eigenvalue weighted by atomic mass is 16.5. The van der Waals surface area contributed by atoms with Gasteiger partial charge in [0.25, 0.3) is 0 Å². The predicted molar refractivity (Wildman–Crippen MR) is 112 cm³/mol. The van der Waals surface area contributed by atoms with Crippen LogP contribution in [-0.4, -0.2) is 28.6 Å². The molecule has 0 aliphatic rings. The Morgan fingerprint density at radius 1 is 1.30 bits per heavy atom. The molecule has 8 nitrogen and oxygen atoms in total. The van der Waals surface area contributed by atoms with Crippen molar-refractivity contribution in [3.05, 3.63) is 53.7 Å². The minimum atomic E-state index is -1.63. The molecule has 0 radical (unpaired) electrons. The zero-order valence-electron chi connectivity index (χ0n) is 15.9. The largest absolute Gasteiger partial charge is 0.492 e. The number of pyridine rings is 1. The average Bonchev–Trinajstić information content (AvgIpc) is 2.74. The van der Waals surface area contributed by atoms with Crippen molar-refractivity contribution in [3.8, 4) is 24.2 Å². The molecule has 30 heavy (non-hydrogen) atoms. The van der Waals surface area contributed by atoms with Crippen LogP contribution in [0.3, 0.4) is 0 Å². The Morgan fingerprint density at radius 2 is 2.10 bits per heavy atom. The summed E-state index contributed by atoms with van der Waals surface area (Å²) >= 11 is 0. The summed E-state index contributed by atoms with van der Waals surface area (Å²) in [5.74, 6) is -0.0396. The molecule has 3 aromatic rings. The molecule has 1 heterocycles. The topological polar surface area (TPSA) is 124 Å². The monoisotopic (exact) mass is 400 g/mol. The molecular weight excluding hydrogens is 384 g/mol. The van der Waals surface area contributed by atoms with Gasteiger partial charge in [-0.2, -0.15) is 5.26 Å². The minimum absolute atomic E-state index is 0.147. The average molecular weight is 400 g/mol. The van der Waals surface area contributed by atoms with E-state index in [1.165, 1.54) is 12.3 Å². The zero-order chi connectivity index (χ0) is 21.7. The molecule has 3 N–H and O–H groups in total. The maximum Gasteiger partial charge on any atom is 0.394 e. The van der Waals surface area contributed by atoms with Gasteiger partial charge in [0.05, 0.1) is 29.1 Å². The van der Waals surface area contributed by atoms with Crippen molar-refractivity contribution in [3.63, 3.8) is 0 Å². The molecule has 0 atom stereocenters. The van der Waals surface area contributed by atoms with Gasteiger partial charge in [0.1, 0.15) is 11.8 Å². The number of hydrogen-bond acceptors (Lipinski definition) is 6. The van der Waals surface area contributed by atoms with E-state index in [4.69, 9.17) is 16.3 Å². The Balaban J connectivity index is 2.19. The number of anilines is 3. The summed E-state index contributed by atoms with van der Waals surface area (Å²) < 4.78 is 5.52. The number of carbonyl (C=O) groups is 2.